The number of ether oxygens (including phenoxy) is 1. The summed E-state index contributed by atoms with van der Waals surface area (Å²) < 4.78 is 34.1. The number of nitrogens with one attached hydrogen (secondary N) is 1. The standard InChI is InChI=1S/C28H31N5O5S/c1-19-9-11-21(12-10-19)33(17-26(34)30-31-27-24-7-5-6-8-25(24)29-28(27)35)39(36,37)23-15-13-22(14-16-23)38-18-20(2)32(3)4/h5-16,20,29,35H,17-18H2,1-4H3. The Labute approximate surface area is 227 Å². The van der Waals surface area contributed by atoms with Crippen LogP contribution in [0.15, 0.2) is 87.9 Å². The lowest BCUT2D eigenvalue weighted by Gasteiger charge is -2.23. The summed E-state index contributed by atoms with van der Waals surface area (Å²) in [6, 6.07) is 20.1. The Balaban J connectivity index is 1.59. The van der Waals surface area contributed by atoms with Crippen LogP contribution in [-0.2, 0) is 14.8 Å². The number of azo groups is 1. The molecule has 1 aromatic heterocycles. The average Bonchev–Trinajstić information content (AvgIpc) is 3.24. The summed E-state index contributed by atoms with van der Waals surface area (Å²) in [5.41, 5.74) is 1.97. The number of hydrogen-bond donors (Lipinski definition) is 2. The molecule has 0 fully saturated rings. The molecule has 11 heteroatoms. The van der Waals surface area contributed by atoms with Gasteiger partial charge in [0.1, 0.15) is 18.9 Å². The van der Waals surface area contributed by atoms with Gasteiger partial charge < -0.3 is 19.7 Å². The van der Waals surface area contributed by atoms with Crippen molar-refractivity contribution >= 4 is 38.2 Å². The maximum Gasteiger partial charge on any atom is 0.285 e. The van der Waals surface area contributed by atoms with Gasteiger partial charge in [-0.25, -0.2) is 8.42 Å². The fourth-order valence-corrected chi connectivity index (χ4v) is 5.12. The molecular formula is C28H31N5O5S. The molecule has 4 rings (SSSR count). The van der Waals surface area contributed by atoms with Crippen molar-refractivity contribution in [2.45, 2.75) is 24.8 Å². The van der Waals surface area contributed by atoms with Gasteiger partial charge in [-0.3, -0.25) is 9.10 Å². The number of fused-ring (bicyclic) bond motifs is 1. The monoisotopic (exact) mass is 549 g/mol. The Bertz CT molecular complexity index is 1580. The van der Waals surface area contributed by atoms with Crippen molar-refractivity contribution in [1.29, 1.82) is 0 Å². The van der Waals surface area contributed by atoms with Crippen molar-refractivity contribution in [3.63, 3.8) is 0 Å². The molecule has 1 atom stereocenters. The van der Waals surface area contributed by atoms with E-state index in [9.17, 15) is 18.3 Å². The number of aromatic hydroxyl groups is 1. The molecule has 0 spiro atoms. The second kappa shape index (κ2) is 11.7. The van der Waals surface area contributed by atoms with Crippen LogP contribution in [0.5, 0.6) is 11.6 Å². The van der Waals surface area contributed by atoms with Crippen molar-refractivity contribution in [2.24, 2.45) is 10.2 Å². The number of benzene rings is 3. The van der Waals surface area contributed by atoms with Crippen LogP contribution in [0.25, 0.3) is 10.9 Å². The Morgan fingerprint density at radius 1 is 1.03 bits per heavy atom. The van der Waals surface area contributed by atoms with Gasteiger partial charge in [0.2, 0.25) is 5.88 Å². The average molecular weight is 550 g/mol. The van der Waals surface area contributed by atoms with Gasteiger partial charge in [-0.15, -0.1) is 10.2 Å². The van der Waals surface area contributed by atoms with Gasteiger partial charge >= 0.3 is 0 Å². The summed E-state index contributed by atoms with van der Waals surface area (Å²) in [5, 5.41) is 18.4. The van der Waals surface area contributed by atoms with E-state index in [1.54, 1.807) is 60.7 Å². The molecule has 0 saturated heterocycles. The largest absolute Gasteiger partial charge is 0.493 e. The van der Waals surface area contributed by atoms with Gasteiger partial charge in [0, 0.05) is 11.4 Å². The first kappa shape index (κ1) is 27.8. The number of amides is 1. The molecule has 0 saturated carbocycles. The SMILES string of the molecule is Cc1ccc(N(CC(=O)N=Nc2c(O)[nH]c3ccccc23)S(=O)(=O)c2ccc(OCC(C)N(C)C)cc2)cc1. The molecule has 3 aromatic carbocycles. The number of anilines is 1. The molecule has 10 nitrogen and oxygen atoms in total. The van der Waals surface area contributed by atoms with E-state index < -0.39 is 22.5 Å². The number of H-pyrrole nitrogens is 1. The fourth-order valence-electron chi connectivity index (χ4n) is 3.70. The summed E-state index contributed by atoms with van der Waals surface area (Å²) in [7, 11) is -0.243. The Kier molecular flexibility index (Phi) is 8.32. The highest BCUT2D eigenvalue weighted by atomic mass is 32.2. The number of para-hydroxylation sites is 1. The predicted octanol–water partition coefficient (Wildman–Crippen LogP) is 5.02. The summed E-state index contributed by atoms with van der Waals surface area (Å²) in [4.78, 5) is 17.7. The number of carbonyl (C=O) groups is 1. The first-order valence-corrected chi connectivity index (χ1v) is 13.7. The van der Waals surface area contributed by atoms with Gasteiger partial charge in [-0.1, -0.05) is 35.9 Å². The highest BCUT2D eigenvalue weighted by Crippen LogP contribution is 2.35. The van der Waals surface area contributed by atoms with Crippen molar-refractivity contribution in [3.05, 3.63) is 78.4 Å². The van der Waals surface area contributed by atoms with Crippen molar-refractivity contribution in [1.82, 2.24) is 9.88 Å². The zero-order valence-corrected chi connectivity index (χ0v) is 23.0. The van der Waals surface area contributed by atoms with Crippen LogP contribution in [0.2, 0.25) is 0 Å². The van der Waals surface area contributed by atoms with Gasteiger partial charge in [0.25, 0.3) is 15.9 Å². The molecule has 39 heavy (non-hydrogen) atoms. The van der Waals surface area contributed by atoms with Crippen LogP contribution < -0.4 is 9.04 Å². The number of likely N-dealkylation sites (N-methyl/N-ethyl adjacent to an activating group) is 1. The first-order valence-electron chi connectivity index (χ1n) is 12.3. The molecule has 0 aliphatic carbocycles. The number of aryl methyl sites for hydroxylation is 1. The zero-order valence-electron chi connectivity index (χ0n) is 22.2. The summed E-state index contributed by atoms with van der Waals surface area (Å²) >= 11 is 0. The number of sulfonamides is 1. The lowest BCUT2D eigenvalue weighted by molar-refractivity contribution is -0.116. The normalized spacial score (nSPS) is 12.7. The lowest BCUT2D eigenvalue weighted by atomic mass is 10.2. The van der Waals surface area contributed by atoms with Crippen molar-refractivity contribution in [3.8, 4) is 11.6 Å². The fraction of sp³-hybridized carbons (Fsp3) is 0.250. The van der Waals surface area contributed by atoms with Crippen LogP contribution >= 0.6 is 0 Å². The first-order chi connectivity index (χ1) is 18.6. The highest BCUT2D eigenvalue weighted by Gasteiger charge is 2.27. The molecule has 1 amide bonds. The minimum Gasteiger partial charge on any atom is -0.493 e. The van der Waals surface area contributed by atoms with E-state index in [-0.39, 0.29) is 22.5 Å². The van der Waals surface area contributed by atoms with E-state index in [1.165, 1.54) is 12.1 Å². The van der Waals surface area contributed by atoms with Crippen LogP contribution in [0.3, 0.4) is 0 Å². The Hall–Kier alpha value is -4.22. The quantitative estimate of drug-likeness (QED) is 0.268. The van der Waals surface area contributed by atoms with Gasteiger partial charge in [0.05, 0.1) is 16.1 Å². The molecule has 0 aliphatic rings. The van der Waals surface area contributed by atoms with E-state index in [4.69, 9.17) is 4.74 Å². The third-order valence-electron chi connectivity index (χ3n) is 6.31. The van der Waals surface area contributed by atoms with Crippen LogP contribution in [0.1, 0.15) is 12.5 Å². The van der Waals surface area contributed by atoms with Crippen LogP contribution in [-0.4, -0.2) is 62.6 Å². The van der Waals surface area contributed by atoms with Gasteiger partial charge in [0.15, 0.2) is 5.69 Å². The van der Waals surface area contributed by atoms with Crippen LogP contribution in [0.4, 0.5) is 11.4 Å². The number of rotatable bonds is 10. The lowest BCUT2D eigenvalue weighted by Crippen LogP contribution is -2.35. The minimum atomic E-state index is -4.15. The molecule has 0 radical (unpaired) electrons. The predicted molar refractivity (Wildman–Crippen MR) is 150 cm³/mol. The Morgan fingerprint density at radius 2 is 1.69 bits per heavy atom. The van der Waals surface area contributed by atoms with Crippen molar-refractivity contribution in [2.75, 3.05) is 31.6 Å². The molecule has 2 N–H and O–H groups in total. The zero-order chi connectivity index (χ0) is 28.2. The number of aromatic amines is 1. The maximum absolute atomic E-state index is 13.7. The minimum absolute atomic E-state index is 0.00454. The second-order valence-corrected chi connectivity index (χ2v) is 11.3. The smallest absolute Gasteiger partial charge is 0.285 e. The molecule has 204 valence electrons. The molecule has 1 unspecified atom stereocenters. The molecule has 0 bridgehead atoms. The van der Waals surface area contributed by atoms with Crippen LogP contribution in [0, 0.1) is 6.92 Å². The summed E-state index contributed by atoms with van der Waals surface area (Å²) in [6.07, 6.45) is 0. The van der Waals surface area contributed by atoms with Crippen molar-refractivity contribution < 1.29 is 23.1 Å². The second-order valence-electron chi connectivity index (χ2n) is 9.40. The summed E-state index contributed by atoms with van der Waals surface area (Å²) in [5.74, 6) is -0.507. The Morgan fingerprint density at radius 3 is 2.36 bits per heavy atom. The highest BCUT2D eigenvalue weighted by molar-refractivity contribution is 7.92. The topological polar surface area (TPSA) is 128 Å². The van der Waals surface area contributed by atoms with E-state index in [1.807, 2.05) is 32.8 Å². The summed E-state index contributed by atoms with van der Waals surface area (Å²) in [6.45, 7) is 3.76. The molecule has 1 heterocycles. The molecular weight excluding hydrogens is 518 g/mol. The van der Waals surface area contributed by atoms with Gasteiger partial charge in [-0.2, -0.15) is 0 Å². The molecule has 4 aromatic rings. The third kappa shape index (κ3) is 6.44. The number of carbonyl (C=O) groups excluding carboxylic acids is 1. The van der Waals surface area contributed by atoms with E-state index in [0.29, 0.717) is 28.9 Å². The van der Waals surface area contributed by atoms with E-state index in [2.05, 4.69) is 15.2 Å². The maximum atomic E-state index is 13.7. The number of aromatic nitrogens is 1. The number of nitrogens with zero attached hydrogens (tertiary/aromatic N) is 4. The van der Waals surface area contributed by atoms with Gasteiger partial charge in [-0.05, 0) is 70.4 Å². The number of hydrogen-bond acceptors (Lipinski definition) is 7. The van der Waals surface area contributed by atoms with E-state index in [0.717, 1.165) is 9.87 Å². The molecule has 0 aliphatic heterocycles. The third-order valence-corrected chi connectivity index (χ3v) is 8.09. The van der Waals surface area contributed by atoms with E-state index >= 15 is 0 Å².